The van der Waals surface area contributed by atoms with Gasteiger partial charge in [-0.05, 0) is 55.3 Å². The molecule has 2 aliphatic rings. The van der Waals surface area contributed by atoms with Gasteiger partial charge in [-0.1, -0.05) is 25.5 Å². The van der Waals surface area contributed by atoms with Crippen LogP contribution in [0.25, 0.3) is 0 Å². The lowest BCUT2D eigenvalue weighted by atomic mass is 10.00. The Kier molecular flexibility index (Phi) is 4.77. The molecule has 4 heteroatoms. The standard InChI is InChI=1S/C18H25FN2O/c1-13-10-15(13)11-20-18(22)17-4-2-3-9-21(17)12-14-5-7-16(19)8-6-14/h5-8,13,15,17H,2-4,9-12H2,1H3,(H,20,22). The molecule has 3 unspecified atom stereocenters. The lowest BCUT2D eigenvalue weighted by molar-refractivity contribution is -0.128. The average Bonchev–Trinajstić information content (AvgIpc) is 3.23. The van der Waals surface area contributed by atoms with E-state index in [-0.39, 0.29) is 17.8 Å². The Balaban J connectivity index is 1.57. The van der Waals surface area contributed by atoms with Crippen molar-refractivity contribution in [2.75, 3.05) is 13.1 Å². The monoisotopic (exact) mass is 304 g/mol. The first-order chi connectivity index (χ1) is 10.6. The van der Waals surface area contributed by atoms with Crippen molar-refractivity contribution >= 4 is 5.91 Å². The van der Waals surface area contributed by atoms with Gasteiger partial charge in [0, 0.05) is 13.1 Å². The number of likely N-dealkylation sites (tertiary alicyclic amines) is 1. The highest BCUT2D eigenvalue weighted by atomic mass is 19.1. The third kappa shape index (κ3) is 3.86. The molecule has 120 valence electrons. The van der Waals surface area contributed by atoms with E-state index in [1.165, 1.54) is 18.6 Å². The summed E-state index contributed by atoms with van der Waals surface area (Å²) in [4.78, 5) is 14.7. The van der Waals surface area contributed by atoms with Crippen LogP contribution in [0.5, 0.6) is 0 Å². The molecule has 1 saturated heterocycles. The van der Waals surface area contributed by atoms with Gasteiger partial charge >= 0.3 is 0 Å². The lowest BCUT2D eigenvalue weighted by Crippen LogP contribution is -2.49. The van der Waals surface area contributed by atoms with E-state index in [9.17, 15) is 9.18 Å². The quantitative estimate of drug-likeness (QED) is 0.907. The fourth-order valence-electron chi connectivity index (χ4n) is 3.33. The summed E-state index contributed by atoms with van der Waals surface area (Å²) in [6.07, 6.45) is 4.40. The Bertz CT molecular complexity index is 516. The molecule has 2 fully saturated rings. The van der Waals surface area contributed by atoms with Crippen LogP contribution in [-0.4, -0.2) is 29.9 Å². The van der Waals surface area contributed by atoms with Crippen LogP contribution in [0, 0.1) is 17.7 Å². The first-order valence-electron chi connectivity index (χ1n) is 8.39. The third-order valence-electron chi connectivity index (χ3n) is 5.03. The van der Waals surface area contributed by atoms with Crippen molar-refractivity contribution in [2.45, 2.75) is 45.2 Å². The number of hydrogen-bond donors (Lipinski definition) is 1. The molecule has 1 amide bonds. The second-order valence-corrected chi connectivity index (χ2v) is 6.83. The Morgan fingerprint density at radius 1 is 1.32 bits per heavy atom. The van der Waals surface area contributed by atoms with E-state index in [2.05, 4.69) is 17.1 Å². The molecule has 0 aromatic heterocycles. The summed E-state index contributed by atoms with van der Waals surface area (Å²) in [6.45, 7) is 4.71. The molecule has 0 spiro atoms. The SMILES string of the molecule is CC1CC1CNC(=O)C1CCCCN1Cc1ccc(F)cc1. The van der Waals surface area contributed by atoms with Gasteiger partial charge in [0.05, 0.1) is 6.04 Å². The summed E-state index contributed by atoms with van der Waals surface area (Å²) in [5, 5.41) is 3.13. The number of carbonyl (C=O) groups is 1. The first kappa shape index (κ1) is 15.5. The summed E-state index contributed by atoms with van der Waals surface area (Å²) in [7, 11) is 0. The number of hydrogen-bond acceptors (Lipinski definition) is 2. The number of nitrogens with zero attached hydrogens (tertiary/aromatic N) is 1. The molecular weight excluding hydrogens is 279 g/mol. The number of amides is 1. The molecule has 1 N–H and O–H groups in total. The second kappa shape index (κ2) is 6.78. The largest absolute Gasteiger partial charge is 0.354 e. The molecule has 1 aliphatic heterocycles. The molecule has 1 saturated carbocycles. The van der Waals surface area contributed by atoms with E-state index in [1.54, 1.807) is 0 Å². The Morgan fingerprint density at radius 3 is 2.73 bits per heavy atom. The van der Waals surface area contributed by atoms with Crippen molar-refractivity contribution in [3.8, 4) is 0 Å². The van der Waals surface area contributed by atoms with Gasteiger partial charge in [-0.25, -0.2) is 4.39 Å². The smallest absolute Gasteiger partial charge is 0.237 e. The number of nitrogens with one attached hydrogen (secondary N) is 1. The predicted molar refractivity (Wildman–Crippen MR) is 84.7 cm³/mol. The van der Waals surface area contributed by atoms with E-state index < -0.39 is 0 Å². The van der Waals surface area contributed by atoms with Crippen molar-refractivity contribution in [3.63, 3.8) is 0 Å². The van der Waals surface area contributed by atoms with Crippen LogP contribution in [-0.2, 0) is 11.3 Å². The maximum Gasteiger partial charge on any atom is 0.237 e. The minimum Gasteiger partial charge on any atom is -0.354 e. The zero-order chi connectivity index (χ0) is 15.5. The van der Waals surface area contributed by atoms with Gasteiger partial charge in [-0.3, -0.25) is 9.69 Å². The molecule has 1 aliphatic carbocycles. The van der Waals surface area contributed by atoms with Crippen LogP contribution in [0.2, 0.25) is 0 Å². The number of benzene rings is 1. The maximum absolute atomic E-state index is 13.0. The van der Waals surface area contributed by atoms with Crippen molar-refractivity contribution in [2.24, 2.45) is 11.8 Å². The molecule has 22 heavy (non-hydrogen) atoms. The van der Waals surface area contributed by atoms with E-state index in [0.29, 0.717) is 5.92 Å². The zero-order valence-corrected chi connectivity index (χ0v) is 13.2. The summed E-state index contributed by atoms with van der Waals surface area (Å²) in [6, 6.07) is 6.56. The maximum atomic E-state index is 13.0. The Morgan fingerprint density at radius 2 is 2.05 bits per heavy atom. The van der Waals surface area contributed by atoms with Gasteiger partial charge in [0.15, 0.2) is 0 Å². The first-order valence-corrected chi connectivity index (χ1v) is 8.39. The molecule has 3 rings (SSSR count). The van der Waals surface area contributed by atoms with Crippen molar-refractivity contribution < 1.29 is 9.18 Å². The van der Waals surface area contributed by atoms with Gasteiger partial charge < -0.3 is 5.32 Å². The Hall–Kier alpha value is -1.42. The fraction of sp³-hybridized carbons (Fsp3) is 0.611. The van der Waals surface area contributed by atoms with Gasteiger partial charge in [0.1, 0.15) is 5.82 Å². The second-order valence-electron chi connectivity index (χ2n) is 6.83. The predicted octanol–water partition coefficient (Wildman–Crippen LogP) is 2.95. The third-order valence-corrected chi connectivity index (χ3v) is 5.03. The summed E-state index contributed by atoms with van der Waals surface area (Å²) in [5.74, 6) is 1.40. The van der Waals surface area contributed by atoms with Crippen molar-refractivity contribution in [1.82, 2.24) is 10.2 Å². The van der Waals surface area contributed by atoms with Gasteiger partial charge in [-0.15, -0.1) is 0 Å². The minimum absolute atomic E-state index is 0.0344. The van der Waals surface area contributed by atoms with Crippen LogP contribution in [0.1, 0.15) is 38.2 Å². The van der Waals surface area contributed by atoms with E-state index in [4.69, 9.17) is 0 Å². The van der Waals surface area contributed by atoms with E-state index in [1.807, 2.05) is 12.1 Å². The van der Waals surface area contributed by atoms with Crippen molar-refractivity contribution in [3.05, 3.63) is 35.6 Å². The van der Waals surface area contributed by atoms with Crippen LogP contribution < -0.4 is 5.32 Å². The summed E-state index contributed by atoms with van der Waals surface area (Å²) in [5.41, 5.74) is 1.07. The van der Waals surface area contributed by atoms with Crippen LogP contribution in [0.4, 0.5) is 4.39 Å². The van der Waals surface area contributed by atoms with Crippen LogP contribution in [0.3, 0.4) is 0 Å². The number of carbonyl (C=O) groups excluding carboxylic acids is 1. The van der Waals surface area contributed by atoms with E-state index >= 15 is 0 Å². The zero-order valence-electron chi connectivity index (χ0n) is 13.2. The normalized spacial score (nSPS) is 28.4. The fourth-order valence-corrected chi connectivity index (χ4v) is 3.33. The Labute approximate surface area is 131 Å². The van der Waals surface area contributed by atoms with Gasteiger partial charge in [-0.2, -0.15) is 0 Å². The van der Waals surface area contributed by atoms with Crippen molar-refractivity contribution in [1.29, 1.82) is 0 Å². The average molecular weight is 304 g/mol. The molecule has 1 aromatic rings. The summed E-state index contributed by atoms with van der Waals surface area (Å²) >= 11 is 0. The molecule has 3 nitrogen and oxygen atoms in total. The highest BCUT2D eigenvalue weighted by Crippen LogP contribution is 2.36. The van der Waals surface area contributed by atoms with Gasteiger partial charge in [0.25, 0.3) is 0 Å². The minimum atomic E-state index is -0.213. The lowest BCUT2D eigenvalue weighted by Gasteiger charge is -2.34. The molecular formula is C18H25FN2O. The van der Waals surface area contributed by atoms with E-state index in [0.717, 1.165) is 50.4 Å². The number of piperidine rings is 1. The number of halogens is 1. The van der Waals surface area contributed by atoms with Crippen LogP contribution in [0.15, 0.2) is 24.3 Å². The molecule has 0 radical (unpaired) electrons. The highest BCUT2D eigenvalue weighted by Gasteiger charge is 2.34. The molecule has 3 atom stereocenters. The van der Waals surface area contributed by atoms with Gasteiger partial charge in [0.2, 0.25) is 5.91 Å². The molecule has 1 heterocycles. The van der Waals surface area contributed by atoms with Crippen LogP contribution >= 0.6 is 0 Å². The highest BCUT2D eigenvalue weighted by molar-refractivity contribution is 5.81. The topological polar surface area (TPSA) is 32.3 Å². The number of rotatable bonds is 5. The molecule has 0 bridgehead atoms. The molecule has 1 aromatic carbocycles. The summed E-state index contributed by atoms with van der Waals surface area (Å²) < 4.78 is 13.0.